The number of hydrogen-bond donors (Lipinski definition) is 0. The summed E-state index contributed by atoms with van der Waals surface area (Å²) in [7, 11) is 0. The SMILES string of the molecule is CCCCCCOC(c1ccccc1)c1ccccc1. The van der Waals surface area contributed by atoms with Gasteiger partial charge in [0.05, 0.1) is 0 Å². The molecule has 2 rings (SSSR count). The summed E-state index contributed by atoms with van der Waals surface area (Å²) < 4.78 is 6.16. The minimum absolute atomic E-state index is 0.0547. The first-order valence-electron chi connectivity index (χ1n) is 7.63. The zero-order valence-electron chi connectivity index (χ0n) is 12.3. The van der Waals surface area contributed by atoms with Gasteiger partial charge in [-0.25, -0.2) is 0 Å². The van der Waals surface area contributed by atoms with E-state index in [1.54, 1.807) is 0 Å². The van der Waals surface area contributed by atoms with Crippen molar-refractivity contribution in [3.8, 4) is 0 Å². The van der Waals surface area contributed by atoms with E-state index in [-0.39, 0.29) is 6.10 Å². The number of benzene rings is 2. The van der Waals surface area contributed by atoms with Gasteiger partial charge in [-0.05, 0) is 17.5 Å². The fraction of sp³-hybridized carbons (Fsp3) is 0.368. The number of hydrogen-bond acceptors (Lipinski definition) is 1. The molecule has 1 heteroatoms. The second kappa shape index (κ2) is 8.55. The molecule has 0 N–H and O–H groups in total. The van der Waals surface area contributed by atoms with Gasteiger partial charge >= 0.3 is 0 Å². The summed E-state index contributed by atoms with van der Waals surface area (Å²) in [4.78, 5) is 0. The van der Waals surface area contributed by atoms with Crippen LogP contribution in [0.15, 0.2) is 60.7 Å². The molecule has 0 aromatic heterocycles. The fourth-order valence-electron chi connectivity index (χ4n) is 2.37. The van der Waals surface area contributed by atoms with E-state index < -0.39 is 0 Å². The summed E-state index contributed by atoms with van der Waals surface area (Å²) in [6.07, 6.45) is 5.02. The lowest BCUT2D eigenvalue weighted by Crippen LogP contribution is -2.07. The maximum Gasteiger partial charge on any atom is 0.108 e. The highest BCUT2D eigenvalue weighted by atomic mass is 16.5. The molecule has 0 amide bonds. The van der Waals surface area contributed by atoms with Crippen LogP contribution in [0.2, 0.25) is 0 Å². The van der Waals surface area contributed by atoms with E-state index >= 15 is 0 Å². The minimum atomic E-state index is 0.0547. The van der Waals surface area contributed by atoms with Crippen LogP contribution in [0.4, 0.5) is 0 Å². The lowest BCUT2D eigenvalue weighted by molar-refractivity contribution is 0.0769. The van der Waals surface area contributed by atoms with Crippen molar-refractivity contribution >= 4 is 0 Å². The Kier molecular flexibility index (Phi) is 6.33. The van der Waals surface area contributed by atoms with Crippen LogP contribution in [0.5, 0.6) is 0 Å². The molecule has 0 spiro atoms. The van der Waals surface area contributed by atoms with Gasteiger partial charge < -0.3 is 4.74 Å². The van der Waals surface area contributed by atoms with E-state index in [0.29, 0.717) is 0 Å². The second-order valence-corrected chi connectivity index (χ2v) is 5.13. The highest BCUT2D eigenvalue weighted by molar-refractivity contribution is 5.29. The molecular formula is C19H24O. The van der Waals surface area contributed by atoms with Crippen LogP contribution in [0.25, 0.3) is 0 Å². The third kappa shape index (κ3) is 4.50. The standard InChI is InChI=1S/C19H24O/c1-2-3-4-11-16-20-19(17-12-7-5-8-13-17)18-14-9-6-10-15-18/h5-10,12-15,19H,2-4,11,16H2,1H3. The van der Waals surface area contributed by atoms with E-state index in [0.717, 1.165) is 13.0 Å². The van der Waals surface area contributed by atoms with Crippen molar-refractivity contribution in [2.24, 2.45) is 0 Å². The Hall–Kier alpha value is -1.60. The van der Waals surface area contributed by atoms with Crippen molar-refractivity contribution in [2.45, 2.75) is 38.7 Å². The normalized spacial score (nSPS) is 10.9. The largest absolute Gasteiger partial charge is 0.369 e. The van der Waals surface area contributed by atoms with Gasteiger partial charge in [0.2, 0.25) is 0 Å². The zero-order chi connectivity index (χ0) is 14.0. The van der Waals surface area contributed by atoms with Crippen LogP contribution in [-0.4, -0.2) is 6.61 Å². The molecule has 0 radical (unpaired) electrons. The molecule has 0 heterocycles. The molecule has 0 aliphatic carbocycles. The summed E-state index contributed by atoms with van der Waals surface area (Å²) in [6, 6.07) is 21.0. The maximum atomic E-state index is 6.16. The molecule has 1 nitrogen and oxygen atoms in total. The van der Waals surface area contributed by atoms with Crippen molar-refractivity contribution < 1.29 is 4.74 Å². The molecule has 2 aromatic carbocycles. The molecule has 0 atom stereocenters. The third-order valence-corrected chi connectivity index (χ3v) is 3.49. The van der Waals surface area contributed by atoms with E-state index in [4.69, 9.17) is 4.74 Å². The van der Waals surface area contributed by atoms with Gasteiger partial charge in [0.1, 0.15) is 6.10 Å². The Morgan fingerprint density at radius 2 is 1.30 bits per heavy atom. The highest BCUT2D eigenvalue weighted by Crippen LogP contribution is 2.26. The van der Waals surface area contributed by atoms with Crippen molar-refractivity contribution in [1.29, 1.82) is 0 Å². The Bertz CT molecular complexity index is 424. The molecule has 0 aliphatic rings. The first-order valence-corrected chi connectivity index (χ1v) is 7.63. The lowest BCUT2D eigenvalue weighted by atomic mass is 10.0. The predicted molar refractivity (Wildman–Crippen MR) is 84.8 cm³/mol. The Morgan fingerprint density at radius 1 is 0.750 bits per heavy atom. The molecule has 0 unspecified atom stereocenters. The van der Waals surface area contributed by atoms with Crippen LogP contribution in [-0.2, 0) is 4.74 Å². The molecular weight excluding hydrogens is 244 g/mol. The van der Waals surface area contributed by atoms with Gasteiger partial charge in [-0.3, -0.25) is 0 Å². The summed E-state index contributed by atoms with van der Waals surface area (Å²) in [6.45, 7) is 3.06. The first-order chi connectivity index (χ1) is 9.92. The Balaban J connectivity index is 2.02. The molecule has 0 saturated heterocycles. The molecule has 20 heavy (non-hydrogen) atoms. The van der Waals surface area contributed by atoms with Crippen LogP contribution < -0.4 is 0 Å². The second-order valence-electron chi connectivity index (χ2n) is 5.13. The Labute approximate surface area is 122 Å². The summed E-state index contributed by atoms with van der Waals surface area (Å²) in [5.74, 6) is 0. The van der Waals surface area contributed by atoms with Crippen molar-refractivity contribution in [1.82, 2.24) is 0 Å². The minimum Gasteiger partial charge on any atom is -0.369 e. The lowest BCUT2D eigenvalue weighted by Gasteiger charge is -2.19. The molecule has 0 saturated carbocycles. The molecule has 2 aromatic rings. The van der Waals surface area contributed by atoms with Crippen molar-refractivity contribution in [3.05, 3.63) is 71.8 Å². The van der Waals surface area contributed by atoms with Gasteiger partial charge in [-0.2, -0.15) is 0 Å². The van der Waals surface area contributed by atoms with Crippen LogP contribution in [0.3, 0.4) is 0 Å². The predicted octanol–water partition coefficient (Wildman–Crippen LogP) is 5.37. The topological polar surface area (TPSA) is 9.23 Å². The van der Waals surface area contributed by atoms with Crippen molar-refractivity contribution in [2.75, 3.05) is 6.61 Å². The monoisotopic (exact) mass is 268 g/mol. The summed E-state index contributed by atoms with van der Waals surface area (Å²) >= 11 is 0. The Morgan fingerprint density at radius 3 is 1.80 bits per heavy atom. The molecule has 106 valence electrons. The van der Waals surface area contributed by atoms with E-state index in [2.05, 4.69) is 55.5 Å². The number of ether oxygens (including phenoxy) is 1. The van der Waals surface area contributed by atoms with Crippen LogP contribution in [0.1, 0.15) is 49.8 Å². The number of unbranched alkanes of at least 4 members (excludes halogenated alkanes) is 3. The van der Waals surface area contributed by atoms with E-state index in [9.17, 15) is 0 Å². The zero-order valence-corrected chi connectivity index (χ0v) is 12.3. The van der Waals surface area contributed by atoms with Gasteiger partial charge in [0, 0.05) is 6.61 Å². The average molecular weight is 268 g/mol. The average Bonchev–Trinajstić information content (AvgIpc) is 2.53. The maximum absolute atomic E-state index is 6.16. The van der Waals surface area contributed by atoms with Crippen molar-refractivity contribution in [3.63, 3.8) is 0 Å². The van der Waals surface area contributed by atoms with Gasteiger partial charge in [-0.15, -0.1) is 0 Å². The molecule has 0 bridgehead atoms. The summed E-state index contributed by atoms with van der Waals surface area (Å²) in [5, 5.41) is 0. The fourth-order valence-corrected chi connectivity index (χ4v) is 2.37. The third-order valence-electron chi connectivity index (χ3n) is 3.49. The highest BCUT2D eigenvalue weighted by Gasteiger charge is 2.13. The van der Waals surface area contributed by atoms with Gasteiger partial charge in [0.15, 0.2) is 0 Å². The smallest absolute Gasteiger partial charge is 0.108 e. The van der Waals surface area contributed by atoms with Crippen LogP contribution >= 0.6 is 0 Å². The van der Waals surface area contributed by atoms with E-state index in [1.165, 1.54) is 30.4 Å². The van der Waals surface area contributed by atoms with Crippen LogP contribution in [0, 0.1) is 0 Å². The number of rotatable bonds is 8. The summed E-state index contributed by atoms with van der Waals surface area (Å²) in [5.41, 5.74) is 2.46. The van der Waals surface area contributed by atoms with Gasteiger partial charge in [0.25, 0.3) is 0 Å². The van der Waals surface area contributed by atoms with Gasteiger partial charge in [-0.1, -0.05) is 86.8 Å². The van der Waals surface area contributed by atoms with E-state index in [1.807, 2.05) is 12.1 Å². The molecule has 0 aliphatic heterocycles. The quantitative estimate of drug-likeness (QED) is 0.585. The first kappa shape index (κ1) is 14.8. The molecule has 0 fully saturated rings.